The van der Waals surface area contributed by atoms with Crippen molar-refractivity contribution in [2.45, 2.75) is 0 Å². The van der Waals surface area contributed by atoms with Crippen LogP contribution >= 0.6 is 0 Å². The molecule has 2 rings (SSSR count). The van der Waals surface area contributed by atoms with E-state index in [1.807, 2.05) is 0 Å². The predicted molar refractivity (Wildman–Crippen MR) is 51.8 cm³/mol. The maximum absolute atomic E-state index is 13.3. The van der Waals surface area contributed by atoms with Crippen molar-refractivity contribution in [1.29, 1.82) is 0 Å². The van der Waals surface area contributed by atoms with Crippen LogP contribution < -0.4 is 5.73 Å². The van der Waals surface area contributed by atoms with Gasteiger partial charge in [0.15, 0.2) is 5.76 Å². The summed E-state index contributed by atoms with van der Waals surface area (Å²) in [4.78, 5) is 0. The first kappa shape index (κ1) is 10.3. The van der Waals surface area contributed by atoms with Gasteiger partial charge in [-0.2, -0.15) is 0 Å². The molecule has 0 aliphatic heterocycles. The Labute approximate surface area is 88.5 Å². The Bertz CT molecular complexity index is 551. The second-order valence-corrected chi connectivity index (χ2v) is 3.12. The van der Waals surface area contributed by atoms with Gasteiger partial charge in [0.1, 0.15) is 11.6 Å². The molecule has 1 aromatic carbocycles. The van der Waals surface area contributed by atoms with Gasteiger partial charge in [0.05, 0.1) is 5.56 Å². The van der Waals surface area contributed by atoms with Crippen molar-refractivity contribution in [1.82, 2.24) is 0 Å². The van der Waals surface area contributed by atoms with Gasteiger partial charge in [-0.1, -0.05) is 0 Å². The largest absolute Gasteiger partial charge is 0.502 e. The van der Waals surface area contributed by atoms with Crippen molar-refractivity contribution in [3.8, 4) is 22.8 Å². The Balaban J connectivity index is 2.63. The summed E-state index contributed by atoms with van der Waals surface area (Å²) in [6.07, 6.45) is 0. The van der Waals surface area contributed by atoms with E-state index in [9.17, 15) is 13.9 Å². The SMILES string of the molecule is Nc1oc(-c2ccc(F)cc2F)c(O)c1O. The van der Waals surface area contributed by atoms with E-state index in [2.05, 4.69) is 0 Å². The first-order valence-electron chi connectivity index (χ1n) is 4.26. The van der Waals surface area contributed by atoms with Crippen LogP contribution in [-0.4, -0.2) is 10.2 Å². The highest BCUT2D eigenvalue weighted by atomic mass is 19.1. The van der Waals surface area contributed by atoms with Gasteiger partial charge in [-0.25, -0.2) is 8.78 Å². The minimum absolute atomic E-state index is 0.189. The fourth-order valence-corrected chi connectivity index (χ4v) is 1.29. The zero-order valence-corrected chi connectivity index (χ0v) is 7.87. The second-order valence-electron chi connectivity index (χ2n) is 3.12. The van der Waals surface area contributed by atoms with Crippen LogP contribution in [0.5, 0.6) is 11.5 Å². The number of nitrogens with two attached hydrogens (primary N) is 1. The predicted octanol–water partition coefficient (Wildman–Crippen LogP) is 2.22. The Kier molecular flexibility index (Phi) is 2.19. The van der Waals surface area contributed by atoms with Crippen LogP contribution in [0, 0.1) is 11.6 Å². The van der Waals surface area contributed by atoms with Crippen LogP contribution in [0.25, 0.3) is 11.3 Å². The number of benzene rings is 1. The first-order chi connectivity index (χ1) is 7.50. The van der Waals surface area contributed by atoms with Crippen LogP contribution in [0.2, 0.25) is 0 Å². The Hall–Kier alpha value is -2.24. The number of hydrogen-bond acceptors (Lipinski definition) is 4. The molecule has 0 saturated heterocycles. The third-order valence-corrected chi connectivity index (χ3v) is 2.06. The molecule has 6 heteroatoms. The molecule has 0 radical (unpaired) electrons. The highest BCUT2D eigenvalue weighted by molar-refractivity contribution is 5.73. The molecule has 4 N–H and O–H groups in total. The van der Waals surface area contributed by atoms with Crippen LogP contribution in [0.4, 0.5) is 14.7 Å². The Morgan fingerprint density at radius 2 is 1.81 bits per heavy atom. The minimum atomic E-state index is -0.927. The molecule has 1 aromatic heterocycles. The highest BCUT2D eigenvalue weighted by Gasteiger charge is 2.21. The normalized spacial score (nSPS) is 10.6. The summed E-state index contributed by atoms with van der Waals surface area (Å²) in [7, 11) is 0. The number of aromatic hydroxyl groups is 2. The maximum atomic E-state index is 13.3. The summed E-state index contributed by atoms with van der Waals surface area (Å²) in [6.45, 7) is 0. The van der Waals surface area contributed by atoms with E-state index in [-0.39, 0.29) is 11.3 Å². The zero-order chi connectivity index (χ0) is 11.9. The number of rotatable bonds is 1. The van der Waals surface area contributed by atoms with Crippen molar-refractivity contribution in [2.75, 3.05) is 5.73 Å². The average molecular weight is 227 g/mol. The smallest absolute Gasteiger partial charge is 0.237 e. The molecule has 0 unspecified atom stereocenters. The summed E-state index contributed by atoms with van der Waals surface area (Å²) in [6, 6.07) is 2.69. The lowest BCUT2D eigenvalue weighted by Crippen LogP contribution is -1.85. The van der Waals surface area contributed by atoms with E-state index < -0.39 is 29.0 Å². The van der Waals surface area contributed by atoms with Gasteiger partial charge < -0.3 is 20.4 Å². The fraction of sp³-hybridized carbons (Fsp3) is 0. The van der Waals surface area contributed by atoms with E-state index in [1.165, 1.54) is 0 Å². The van der Waals surface area contributed by atoms with Gasteiger partial charge in [-0.3, -0.25) is 0 Å². The summed E-state index contributed by atoms with van der Waals surface area (Å²) in [5.74, 6) is -3.81. The maximum Gasteiger partial charge on any atom is 0.237 e. The molecule has 4 nitrogen and oxygen atoms in total. The molecular formula is C10H7F2NO3. The molecule has 84 valence electrons. The molecule has 0 aliphatic rings. The Morgan fingerprint density at radius 1 is 1.12 bits per heavy atom. The fourth-order valence-electron chi connectivity index (χ4n) is 1.29. The molecule has 2 aromatic rings. The van der Waals surface area contributed by atoms with Crippen LogP contribution in [0.3, 0.4) is 0 Å². The minimum Gasteiger partial charge on any atom is -0.502 e. The van der Waals surface area contributed by atoms with Crippen LogP contribution in [-0.2, 0) is 0 Å². The van der Waals surface area contributed by atoms with Gasteiger partial charge in [0, 0.05) is 6.07 Å². The monoisotopic (exact) mass is 227 g/mol. The molecule has 1 heterocycles. The van der Waals surface area contributed by atoms with E-state index in [4.69, 9.17) is 15.3 Å². The molecule has 0 atom stereocenters. The van der Waals surface area contributed by atoms with Crippen LogP contribution in [0.15, 0.2) is 22.6 Å². The number of halogens is 2. The molecule has 0 spiro atoms. The molecule has 0 fully saturated rings. The zero-order valence-electron chi connectivity index (χ0n) is 7.87. The van der Waals surface area contributed by atoms with E-state index >= 15 is 0 Å². The van der Waals surface area contributed by atoms with Gasteiger partial charge in [-0.15, -0.1) is 0 Å². The lowest BCUT2D eigenvalue weighted by atomic mass is 10.1. The summed E-state index contributed by atoms with van der Waals surface area (Å²) >= 11 is 0. The highest BCUT2D eigenvalue weighted by Crippen LogP contribution is 2.44. The first-order valence-corrected chi connectivity index (χ1v) is 4.26. The topological polar surface area (TPSA) is 79.6 Å². The third kappa shape index (κ3) is 1.44. The second kappa shape index (κ2) is 3.41. The van der Waals surface area contributed by atoms with E-state index in [0.717, 1.165) is 12.1 Å². The van der Waals surface area contributed by atoms with Crippen molar-refractivity contribution < 1.29 is 23.4 Å². The molecule has 0 amide bonds. The summed E-state index contributed by atoms with van der Waals surface area (Å²) in [5.41, 5.74) is 5.00. The van der Waals surface area contributed by atoms with Gasteiger partial charge in [0.25, 0.3) is 0 Å². The summed E-state index contributed by atoms with van der Waals surface area (Å²) < 4.78 is 30.7. The molecular weight excluding hydrogens is 220 g/mol. The number of anilines is 1. The molecule has 16 heavy (non-hydrogen) atoms. The van der Waals surface area contributed by atoms with Gasteiger partial charge >= 0.3 is 0 Å². The van der Waals surface area contributed by atoms with Crippen LogP contribution in [0.1, 0.15) is 0 Å². The number of furan rings is 1. The average Bonchev–Trinajstić information content (AvgIpc) is 2.46. The van der Waals surface area contributed by atoms with Crippen molar-refractivity contribution >= 4 is 5.88 Å². The van der Waals surface area contributed by atoms with E-state index in [1.54, 1.807) is 0 Å². The summed E-state index contributed by atoms with van der Waals surface area (Å²) in [5, 5.41) is 18.6. The third-order valence-electron chi connectivity index (χ3n) is 2.06. The number of hydrogen-bond donors (Lipinski definition) is 3. The standard InChI is InChI=1S/C10H7F2NO3/c11-4-1-2-5(6(12)3-4)9-7(14)8(15)10(13)16-9/h1-3,14-15H,13H2. The molecule has 0 aliphatic carbocycles. The number of nitrogen functional groups attached to an aromatic ring is 1. The lowest BCUT2D eigenvalue weighted by molar-refractivity contribution is 0.410. The molecule has 0 saturated carbocycles. The van der Waals surface area contributed by atoms with Gasteiger partial charge in [-0.05, 0) is 12.1 Å². The van der Waals surface area contributed by atoms with Crippen molar-refractivity contribution in [3.63, 3.8) is 0 Å². The lowest BCUT2D eigenvalue weighted by Gasteiger charge is -1.99. The molecule has 0 bridgehead atoms. The quantitative estimate of drug-likeness (QED) is 0.697. The van der Waals surface area contributed by atoms with Gasteiger partial charge in [0.2, 0.25) is 17.4 Å². The van der Waals surface area contributed by atoms with E-state index in [0.29, 0.717) is 6.07 Å². The van der Waals surface area contributed by atoms with Crippen molar-refractivity contribution in [3.05, 3.63) is 29.8 Å². The Morgan fingerprint density at radius 3 is 2.31 bits per heavy atom. The van der Waals surface area contributed by atoms with Crippen molar-refractivity contribution in [2.24, 2.45) is 0 Å².